The largest absolute Gasteiger partial charge is 0.335 e. The molecule has 0 unspecified atom stereocenters. The SMILES string of the molecule is CC(=O)c1cc(-c2ccncc2)c(-c2ccc(F)cc2)s1.CCC#Cc1cc(-c2ccncc2)c(-c2ccc(F)cc2)s1.CCCCC(=O)c1cc(-c2ccncc2)c(-c2ccc(F)cc2)s1.CCCCCc1cc(-c2ccncc2)c(-c2ccc(F)cc2)s1.O=C(c1cc(-c2ccncc2)c(-c2ccc(F)cc2)s1)N1CCNCC1. The van der Waals surface area contributed by atoms with Crippen LogP contribution in [0.1, 0.15) is 111 Å². The highest BCUT2D eigenvalue weighted by Crippen LogP contribution is 2.45. The van der Waals surface area contributed by atoms with Crippen LogP contribution in [0, 0.1) is 40.9 Å². The van der Waals surface area contributed by atoms with Crippen molar-refractivity contribution < 1.29 is 36.3 Å². The first kappa shape index (κ1) is 83.7. The molecule has 116 heavy (non-hydrogen) atoms. The molecular weight excluding hydrogens is 1550 g/mol. The van der Waals surface area contributed by atoms with Crippen LogP contribution in [0.2, 0.25) is 0 Å². The molecule has 0 radical (unpaired) electrons. The van der Waals surface area contributed by atoms with Crippen LogP contribution < -0.4 is 5.32 Å². The Hall–Kier alpha value is -11.7. The molecular formula is C96H82F5N7O3S5. The van der Waals surface area contributed by atoms with Crippen LogP contribution in [0.4, 0.5) is 22.0 Å². The van der Waals surface area contributed by atoms with E-state index in [2.05, 4.69) is 68.1 Å². The number of carbonyl (C=O) groups excluding carboxylic acids is 3. The van der Waals surface area contributed by atoms with Gasteiger partial charge in [-0.3, -0.25) is 39.3 Å². The minimum absolute atomic E-state index is 0.0312. The summed E-state index contributed by atoms with van der Waals surface area (Å²) in [4.78, 5) is 69.0. The zero-order valence-corrected chi connectivity index (χ0v) is 68.4. The molecule has 20 heteroatoms. The topological polar surface area (TPSA) is 131 Å². The predicted molar refractivity (Wildman–Crippen MR) is 468 cm³/mol. The third kappa shape index (κ3) is 22.7. The normalized spacial score (nSPS) is 11.4. The molecule has 0 spiro atoms. The zero-order chi connectivity index (χ0) is 81.1. The number of unbranched alkanes of at least 4 members (excludes halogenated alkanes) is 3. The lowest BCUT2D eigenvalue weighted by Crippen LogP contribution is -2.46. The van der Waals surface area contributed by atoms with E-state index < -0.39 is 0 Å². The van der Waals surface area contributed by atoms with E-state index in [-0.39, 0.29) is 46.6 Å². The van der Waals surface area contributed by atoms with Gasteiger partial charge < -0.3 is 10.2 Å². The van der Waals surface area contributed by atoms with E-state index >= 15 is 0 Å². The Labute approximate surface area is 693 Å². The van der Waals surface area contributed by atoms with Crippen LogP contribution in [0.25, 0.3) is 108 Å². The van der Waals surface area contributed by atoms with Gasteiger partial charge >= 0.3 is 0 Å². The van der Waals surface area contributed by atoms with Crippen LogP contribution in [-0.2, 0) is 6.42 Å². The summed E-state index contributed by atoms with van der Waals surface area (Å²) in [6.45, 7) is 11.0. The molecule has 10 nitrogen and oxygen atoms in total. The van der Waals surface area contributed by atoms with Crippen molar-refractivity contribution in [2.45, 2.75) is 79.1 Å². The Bertz CT molecular complexity index is 5730. The molecule has 15 aromatic rings. The number of amides is 1. The minimum Gasteiger partial charge on any atom is -0.335 e. The number of benzene rings is 5. The lowest BCUT2D eigenvalue weighted by Gasteiger charge is -2.26. The van der Waals surface area contributed by atoms with Crippen molar-refractivity contribution in [2.24, 2.45) is 0 Å². The highest BCUT2D eigenvalue weighted by molar-refractivity contribution is 7.19. The number of Topliss-reactive ketones (excluding diaryl/α,β-unsaturated/α-hetero) is 2. The van der Waals surface area contributed by atoms with Gasteiger partial charge in [-0.25, -0.2) is 22.0 Å². The molecule has 0 atom stereocenters. The molecule has 584 valence electrons. The second-order valence-electron chi connectivity index (χ2n) is 26.8. The monoisotopic (exact) mass is 1640 g/mol. The summed E-state index contributed by atoms with van der Waals surface area (Å²) >= 11 is 7.83. The number of piperazine rings is 1. The number of rotatable bonds is 20. The van der Waals surface area contributed by atoms with Gasteiger partial charge in [-0.05, 0) is 233 Å². The van der Waals surface area contributed by atoms with Crippen molar-refractivity contribution in [3.63, 3.8) is 0 Å². The van der Waals surface area contributed by atoms with E-state index in [9.17, 15) is 36.3 Å². The maximum Gasteiger partial charge on any atom is 0.264 e. The number of thiophene rings is 5. The van der Waals surface area contributed by atoms with Crippen LogP contribution >= 0.6 is 56.7 Å². The second-order valence-corrected chi connectivity index (χ2v) is 32.2. The molecule has 0 aliphatic carbocycles. The van der Waals surface area contributed by atoms with Crippen LogP contribution in [0.3, 0.4) is 0 Å². The average molecular weight is 1640 g/mol. The zero-order valence-electron chi connectivity index (χ0n) is 64.3. The molecule has 1 fully saturated rings. The second kappa shape index (κ2) is 42.1. The summed E-state index contributed by atoms with van der Waals surface area (Å²) in [5.74, 6) is 5.32. The number of ketones is 2. The molecule has 1 aliphatic heterocycles. The number of aryl methyl sites for hydroxylation is 1. The molecule has 0 bridgehead atoms. The Morgan fingerprint density at radius 2 is 0.690 bits per heavy atom. The fourth-order valence-corrected chi connectivity index (χ4v) is 18.3. The molecule has 1 N–H and O–H groups in total. The first-order valence-corrected chi connectivity index (χ1v) is 42.2. The third-order valence-electron chi connectivity index (χ3n) is 18.6. The maximum absolute atomic E-state index is 13.3. The number of halogens is 5. The van der Waals surface area contributed by atoms with E-state index in [1.807, 2.05) is 139 Å². The molecule has 1 aliphatic rings. The van der Waals surface area contributed by atoms with Gasteiger partial charge in [0, 0.05) is 158 Å². The maximum atomic E-state index is 13.3. The van der Waals surface area contributed by atoms with Gasteiger partial charge in [0.15, 0.2) is 11.6 Å². The number of pyridine rings is 5. The summed E-state index contributed by atoms with van der Waals surface area (Å²) in [5, 5.41) is 3.26. The summed E-state index contributed by atoms with van der Waals surface area (Å²) in [5.41, 5.74) is 15.3. The van der Waals surface area contributed by atoms with Gasteiger partial charge in [0.05, 0.1) is 19.5 Å². The number of nitrogens with one attached hydrogen (secondary N) is 1. The first-order chi connectivity index (χ1) is 56.6. The van der Waals surface area contributed by atoms with E-state index in [1.54, 1.807) is 104 Å². The smallest absolute Gasteiger partial charge is 0.264 e. The molecule has 16 rings (SSSR count). The Morgan fingerprint density at radius 1 is 0.371 bits per heavy atom. The molecule has 0 saturated carbocycles. The van der Waals surface area contributed by atoms with Gasteiger partial charge in [-0.15, -0.1) is 56.7 Å². The van der Waals surface area contributed by atoms with E-state index in [4.69, 9.17) is 0 Å². The fourth-order valence-electron chi connectivity index (χ4n) is 12.6. The molecule has 11 heterocycles. The first-order valence-electron chi connectivity index (χ1n) is 38.1. The number of nitrogens with zero attached hydrogens (tertiary/aromatic N) is 6. The van der Waals surface area contributed by atoms with Crippen molar-refractivity contribution in [2.75, 3.05) is 26.2 Å². The average Bonchev–Trinajstić information content (AvgIpc) is 1.65. The van der Waals surface area contributed by atoms with Crippen molar-refractivity contribution in [3.05, 3.63) is 328 Å². The van der Waals surface area contributed by atoms with Crippen molar-refractivity contribution in [1.82, 2.24) is 35.1 Å². The van der Waals surface area contributed by atoms with Gasteiger partial charge in [0.1, 0.15) is 29.1 Å². The number of aromatic nitrogens is 5. The molecule has 5 aromatic carbocycles. The van der Waals surface area contributed by atoms with E-state index in [0.29, 0.717) is 29.3 Å². The van der Waals surface area contributed by atoms with E-state index in [0.717, 1.165) is 146 Å². The van der Waals surface area contributed by atoms with Crippen molar-refractivity contribution in [3.8, 4) is 120 Å². The summed E-state index contributed by atoms with van der Waals surface area (Å²) in [7, 11) is 0. The third-order valence-corrected chi connectivity index (χ3v) is 24.6. The fraction of sp³-hybridized carbons (Fsp3) is 0.167. The molecule has 1 saturated heterocycles. The predicted octanol–water partition coefficient (Wildman–Crippen LogP) is 26.2. The Kier molecular flexibility index (Phi) is 30.4. The van der Waals surface area contributed by atoms with Gasteiger partial charge in [0.2, 0.25) is 0 Å². The van der Waals surface area contributed by atoms with Gasteiger partial charge in [-0.1, -0.05) is 113 Å². The van der Waals surface area contributed by atoms with Crippen LogP contribution in [-0.4, -0.2) is 73.5 Å². The van der Waals surface area contributed by atoms with Crippen LogP contribution in [0.5, 0.6) is 0 Å². The summed E-state index contributed by atoms with van der Waals surface area (Å²) in [6, 6.07) is 62.2. The minimum atomic E-state index is -0.271. The van der Waals surface area contributed by atoms with Gasteiger partial charge in [0.25, 0.3) is 5.91 Å². The molecule has 10 aromatic heterocycles. The van der Waals surface area contributed by atoms with Crippen molar-refractivity contribution >= 4 is 74.2 Å². The summed E-state index contributed by atoms with van der Waals surface area (Å²) < 4.78 is 66.1. The van der Waals surface area contributed by atoms with Crippen LogP contribution in [0.15, 0.2) is 274 Å². The highest BCUT2D eigenvalue weighted by Gasteiger charge is 2.25. The quantitative estimate of drug-likeness (QED) is 0.0343. The molecule has 1 amide bonds. The lowest BCUT2D eigenvalue weighted by molar-refractivity contribution is 0.0740. The van der Waals surface area contributed by atoms with Crippen molar-refractivity contribution in [1.29, 1.82) is 0 Å². The summed E-state index contributed by atoms with van der Waals surface area (Å²) in [6.07, 6.45) is 25.7. The Morgan fingerprint density at radius 3 is 1.05 bits per heavy atom. The Balaban J connectivity index is 0.000000134. The number of hydrogen-bond donors (Lipinski definition) is 1. The highest BCUT2D eigenvalue weighted by atomic mass is 32.1. The van der Waals surface area contributed by atoms with E-state index in [1.165, 1.54) is 129 Å². The number of carbonyl (C=O) groups is 3. The van der Waals surface area contributed by atoms with Gasteiger partial charge in [-0.2, -0.15) is 0 Å². The lowest BCUT2D eigenvalue weighted by atomic mass is 10.0. The standard InChI is InChI=1S/C20H18FN3OS.C20H18FNOS.C20H20FNS.C19H14FNS.C17H12FNOS/c21-16-3-1-15(2-4-16)19-17(14-5-7-22-8-6-14)13-18(26-19)20(25)24-11-9-23-10-12-24;1-2-3-4-18(23)19-13-17(14-9-11-22-12-10-14)20(24-19)15-5-7-16(21)8-6-15;1-2-3-4-5-18-14-19(15-10-12-22-13-11-15)20(23-18)16-6-8-17(21)9-7-16;1-2-3-4-17-13-18(14-9-11-21-12-10-14)19(22-17)15-5-7-16(20)8-6-15;1-11(20)16-10-15(12-6-8-19-9-7-12)17(21-16)13-2-4-14(18)5-3-13/h1-8,13,23H,9-12H2;5-13H,2-4H2,1H3;6-14H,2-5H2,1H3;5-13H,2H2,1H3;2-10H,1H3. The number of hydrogen-bond acceptors (Lipinski definition) is 14.